The fourth-order valence-corrected chi connectivity index (χ4v) is 8.73. The highest BCUT2D eigenvalue weighted by Gasteiger charge is 2.34. The van der Waals surface area contributed by atoms with Crippen molar-refractivity contribution < 1.29 is 44.7 Å². The molecule has 1 fully saturated rings. The summed E-state index contributed by atoms with van der Waals surface area (Å²) in [7, 11) is 0. The molecule has 0 aromatic heterocycles. The van der Waals surface area contributed by atoms with Crippen molar-refractivity contribution >= 4 is 35.2 Å². The molecular weight excluding hydrogens is 844 g/mol. The van der Waals surface area contributed by atoms with Crippen LogP contribution in [0.15, 0.2) is 88.8 Å². The van der Waals surface area contributed by atoms with Crippen LogP contribution in [-0.4, -0.2) is 149 Å². The van der Waals surface area contributed by atoms with E-state index in [1.807, 2.05) is 55.5 Å². The predicted molar refractivity (Wildman–Crippen MR) is 242 cm³/mol. The normalized spacial score (nSPS) is 18.8. The van der Waals surface area contributed by atoms with Crippen molar-refractivity contribution in [1.82, 2.24) is 25.8 Å². The Labute approximate surface area is 378 Å². The molecule has 3 aromatic rings. The van der Waals surface area contributed by atoms with Gasteiger partial charge in [-0.1, -0.05) is 84.4 Å². The topological polar surface area (TPSA) is 269 Å². The molecule has 1 saturated heterocycles. The molecule has 3 aromatic carbocycles. The van der Waals surface area contributed by atoms with Crippen molar-refractivity contribution in [1.29, 1.82) is 0 Å². The van der Waals surface area contributed by atoms with E-state index in [-0.39, 0.29) is 79.6 Å². The Hall–Kier alpha value is -5.11. The maximum absolute atomic E-state index is 14.4. The maximum atomic E-state index is 14.4. The first-order valence-corrected chi connectivity index (χ1v) is 22.1. The smallest absolute Gasteiger partial charge is 0.409 e. The Morgan fingerprint density at radius 3 is 2.22 bits per heavy atom. The molecule has 2 aliphatic heterocycles. The van der Waals surface area contributed by atoms with Crippen molar-refractivity contribution in [2.24, 2.45) is 28.3 Å². The second-order valence-corrected chi connectivity index (χ2v) is 17.2. The van der Waals surface area contributed by atoms with Crippen molar-refractivity contribution in [2.75, 3.05) is 59.0 Å². The van der Waals surface area contributed by atoms with Gasteiger partial charge in [-0.05, 0) is 71.4 Å². The standard InChI is InChI=1S/C46H61ClN8O9/c1-27-8-2-3-9-30(27)20-29(21-51-45(62)39-43(48)53-44(49)42(47)52-39)24-55(46(63)64-26-35-33-12-6-4-10-31(33)32-11-5-7-13-34(32)35)23-28-15-18-54(19-16-28)38(59)14-17-50-22-36(57)40(60)41(61)37(58)25-56/h2-13,28-29,35-37,40-41,43,50,53,56-58,60-61H,14-26,48-49H2,1H3,(H,51,62)/t29-,36-,37+,40+,41+,43?/m0/s1. The van der Waals surface area contributed by atoms with Crippen LogP contribution in [0.25, 0.3) is 11.1 Å². The highest BCUT2D eigenvalue weighted by molar-refractivity contribution is 6.43. The monoisotopic (exact) mass is 904 g/mol. The van der Waals surface area contributed by atoms with Gasteiger partial charge in [0.05, 0.1) is 12.7 Å². The molecule has 18 heteroatoms. The highest BCUT2D eigenvalue weighted by Crippen LogP contribution is 2.44. The number of hydrogen-bond acceptors (Lipinski definition) is 14. The van der Waals surface area contributed by atoms with Crippen LogP contribution >= 0.6 is 11.6 Å². The van der Waals surface area contributed by atoms with Crippen molar-refractivity contribution in [2.45, 2.75) is 69.1 Å². The number of fused-ring (bicyclic) bond motifs is 3. The number of amides is 3. The number of aryl methyl sites for hydroxylation is 1. The Bertz CT molecular complexity index is 2110. The zero-order chi connectivity index (χ0) is 45.9. The summed E-state index contributed by atoms with van der Waals surface area (Å²) in [4.78, 5) is 48.7. The molecule has 6 atom stereocenters. The lowest BCUT2D eigenvalue weighted by atomic mass is 9.93. The van der Waals surface area contributed by atoms with E-state index in [2.05, 4.69) is 45.2 Å². The lowest BCUT2D eigenvalue weighted by molar-refractivity contribution is -0.132. The van der Waals surface area contributed by atoms with Crippen LogP contribution in [0.4, 0.5) is 4.79 Å². The van der Waals surface area contributed by atoms with Gasteiger partial charge in [0, 0.05) is 58.2 Å². The molecule has 0 spiro atoms. The number of aliphatic hydroxyl groups excluding tert-OH is 5. The number of halogens is 1. The van der Waals surface area contributed by atoms with Gasteiger partial charge in [-0.25, -0.2) is 9.79 Å². The Kier molecular flexibility index (Phi) is 17.1. The van der Waals surface area contributed by atoms with Gasteiger partial charge in [-0.15, -0.1) is 0 Å². The van der Waals surface area contributed by atoms with E-state index < -0.39 is 49.2 Å². The molecule has 12 N–H and O–H groups in total. The van der Waals surface area contributed by atoms with E-state index in [0.717, 1.165) is 33.4 Å². The first kappa shape index (κ1) is 48.3. The molecule has 0 radical (unpaired) electrons. The zero-order valence-electron chi connectivity index (χ0n) is 36.0. The minimum atomic E-state index is -1.73. The average Bonchev–Trinajstić information content (AvgIpc) is 3.62. The fourth-order valence-electron chi connectivity index (χ4n) is 8.59. The van der Waals surface area contributed by atoms with Gasteiger partial charge in [-0.2, -0.15) is 0 Å². The number of rotatable bonds is 20. The number of hydrogen-bond donors (Lipinski definition) is 10. The quantitative estimate of drug-likeness (QED) is 0.0557. The third-order valence-corrected chi connectivity index (χ3v) is 12.6. The summed E-state index contributed by atoms with van der Waals surface area (Å²) in [6, 6.07) is 24.2. The lowest BCUT2D eigenvalue weighted by Crippen LogP contribution is -2.54. The highest BCUT2D eigenvalue weighted by atomic mass is 35.5. The van der Waals surface area contributed by atoms with E-state index in [1.54, 1.807) is 9.80 Å². The number of carbonyl (C=O) groups is 3. The van der Waals surface area contributed by atoms with Gasteiger partial charge >= 0.3 is 6.09 Å². The first-order valence-electron chi connectivity index (χ1n) is 21.8. The minimum absolute atomic E-state index is 0.0227. The van der Waals surface area contributed by atoms with E-state index in [0.29, 0.717) is 38.9 Å². The molecular formula is C46H61ClN8O9. The third-order valence-electron chi connectivity index (χ3n) is 12.3. The number of aliphatic imine (C=N–C) groups is 1. The number of aliphatic hydroxyl groups is 5. The molecule has 17 nitrogen and oxygen atoms in total. The summed E-state index contributed by atoms with van der Waals surface area (Å²) in [6.07, 6.45) is -6.00. The number of benzene rings is 3. The van der Waals surface area contributed by atoms with E-state index in [4.69, 9.17) is 32.9 Å². The van der Waals surface area contributed by atoms with Crippen molar-refractivity contribution in [3.63, 3.8) is 0 Å². The van der Waals surface area contributed by atoms with Crippen molar-refractivity contribution in [3.05, 3.63) is 106 Å². The molecule has 346 valence electrons. The van der Waals surface area contributed by atoms with Crippen LogP contribution in [0.5, 0.6) is 0 Å². The largest absolute Gasteiger partial charge is 0.448 e. The number of nitrogens with one attached hydrogen (secondary N) is 3. The van der Waals surface area contributed by atoms with Gasteiger partial charge < -0.3 is 67.5 Å². The van der Waals surface area contributed by atoms with Gasteiger partial charge in [0.2, 0.25) is 5.91 Å². The van der Waals surface area contributed by atoms with E-state index >= 15 is 0 Å². The van der Waals surface area contributed by atoms with Crippen LogP contribution in [-0.2, 0) is 20.7 Å². The molecule has 3 amide bonds. The maximum Gasteiger partial charge on any atom is 0.409 e. The number of likely N-dealkylation sites (tertiary alicyclic amines) is 1. The average molecular weight is 905 g/mol. The summed E-state index contributed by atoms with van der Waals surface area (Å²) < 4.78 is 6.23. The predicted octanol–water partition coefficient (Wildman–Crippen LogP) is 0.828. The fraction of sp³-hybridized carbons (Fsp3) is 0.478. The van der Waals surface area contributed by atoms with E-state index in [9.17, 15) is 34.8 Å². The molecule has 3 aliphatic rings. The Morgan fingerprint density at radius 2 is 1.56 bits per heavy atom. The second-order valence-electron chi connectivity index (χ2n) is 16.8. The molecule has 64 heavy (non-hydrogen) atoms. The van der Waals surface area contributed by atoms with Crippen LogP contribution in [0.3, 0.4) is 0 Å². The number of nitrogens with two attached hydrogens (primary N) is 2. The van der Waals surface area contributed by atoms with Crippen LogP contribution in [0, 0.1) is 18.8 Å². The van der Waals surface area contributed by atoms with E-state index in [1.165, 1.54) is 0 Å². The molecule has 2 heterocycles. The van der Waals surface area contributed by atoms with Gasteiger partial charge in [0.25, 0.3) is 5.91 Å². The second kappa shape index (κ2) is 22.7. The number of nitrogens with zero attached hydrogens (tertiary/aromatic N) is 3. The Balaban J connectivity index is 1.13. The lowest BCUT2D eigenvalue weighted by Gasteiger charge is -2.36. The first-order chi connectivity index (χ1) is 30.7. The summed E-state index contributed by atoms with van der Waals surface area (Å²) in [5, 5.41) is 57.2. The van der Waals surface area contributed by atoms with Crippen LogP contribution < -0.4 is 27.4 Å². The zero-order valence-corrected chi connectivity index (χ0v) is 36.7. The molecule has 6 rings (SSSR count). The Morgan fingerprint density at radius 1 is 0.938 bits per heavy atom. The van der Waals surface area contributed by atoms with Gasteiger partial charge in [0.1, 0.15) is 42.6 Å². The molecule has 1 unspecified atom stereocenters. The summed E-state index contributed by atoms with van der Waals surface area (Å²) in [5.74, 6) is -0.937. The minimum Gasteiger partial charge on any atom is -0.448 e. The SMILES string of the molecule is Cc1ccccc1C[C@@H](CNC(=O)C1=NC(Cl)=C(N)NC1N)CN(CC1CCN(C(=O)CCNC[C@H](O)[C@@H](O)[C@H](O)[C@H](O)CO)CC1)C(=O)OCC1c2ccccc2-c2ccccc21. The summed E-state index contributed by atoms with van der Waals surface area (Å²) in [6.45, 7) is 3.14. The molecule has 0 saturated carbocycles. The number of carbonyl (C=O) groups excluding carboxylic acids is 3. The molecule has 1 aliphatic carbocycles. The van der Waals surface area contributed by atoms with Crippen molar-refractivity contribution in [3.8, 4) is 11.1 Å². The van der Waals surface area contributed by atoms with Crippen LogP contribution in [0.2, 0.25) is 0 Å². The summed E-state index contributed by atoms with van der Waals surface area (Å²) in [5.41, 5.74) is 18.5. The summed E-state index contributed by atoms with van der Waals surface area (Å²) >= 11 is 6.13. The van der Waals surface area contributed by atoms with Crippen LogP contribution in [0.1, 0.15) is 47.4 Å². The molecule has 0 bridgehead atoms. The van der Waals surface area contributed by atoms with Gasteiger partial charge in [-0.3, -0.25) is 9.59 Å². The number of ether oxygens (including phenoxy) is 1. The van der Waals surface area contributed by atoms with Gasteiger partial charge in [0.15, 0.2) is 5.16 Å². The third kappa shape index (κ3) is 12.2. The number of piperidine rings is 1.